The second-order valence-electron chi connectivity index (χ2n) is 4.47. The molecule has 0 radical (unpaired) electrons. The van der Waals surface area contributed by atoms with Crippen molar-refractivity contribution in [3.05, 3.63) is 23.8 Å². The number of likely N-dealkylation sites (N-methyl/N-ethyl adjacent to an activating group) is 1. The summed E-state index contributed by atoms with van der Waals surface area (Å²) in [5, 5.41) is 3.19. The summed E-state index contributed by atoms with van der Waals surface area (Å²) in [7, 11) is 3.68. The number of ether oxygens (including phenoxy) is 3. The van der Waals surface area contributed by atoms with Crippen LogP contribution in [0.3, 0.4) is 0 Å². The van der Waals surface area contributed by atoms with Gasteiger partial charge < -0.3 is 19.5 Å². The van der Waals surface area contributed by atoms with E-state index >= 15 is 0 Å². The molecule has 1 N–H and O–H groups in total. The van der Waals surface area contributed by atoms with Crippen LogP contribution in [0.1, 0.15) is 17.9 Å². The Hall–Kier alpha value is -1.26. The molecule has 4 nitrogen and oxygen atoms in total. The fourth-order valence-electron chi connectivity index (χ4n) is 2.15. The minimum Gasteiger partial charge on any atom is -0.490 e. The molecule has 1 unspecified atom stereocenters. The molecule has 4 heteroatoms. The molecular formula is C14H21NO3. The average Bonchev–Trinajstić information content (AvgIpc) is 2.62. The Bertz CT molecular complexity index is 375. The third-order valence-electron chi connectivity index (χ3n) is 3.06. The first kappa shape index (κ1) is 13.2. The topological polar surface area (TPSA) is 39.7 Å². The molecule has 0 fully saturated rings. The van der Waals surface area contributed by atoms with Gasteiger partial charge in [-0.2, -0.15) is 0 Å². The number of fused-ring (bicyclic) bond motifs is 1. The van der Waals surface area contributed by atoms with Gasteiger partial charge in [-0.3, -0.25) is 0 Å². The molecule has 0 bridgehead atoms. The van der Waals surface area contributed by atoms with Gasteiger partial charge in [-0.1, -0.05) is 6.07 Å². The van der Waals surface area contributed by atoms with E-state index in [4.69, 9.17) is 14.2 Å². The monoisotopic (exact) mass is 251 g/mol. The zero-order chi connectivity index (χ0) is 12.8. The fraction of sp³-hybridized carbons (Fsp3) is 0.571. The van der Waals surface area contributed by atoms with Crippen molar-refractivity contribution in [2.24, 2.45) is 0 Å². The van der Waals surface area contributed by atoms with Gasteiger partial charge in [0.2, 0.25) is 0 Å². The van der Waals surface area contributed by atoms with E-state index in [1.165, 1.54) is 5.56 Å². The highest BCUT2D eigenvalue weighted by atomic mass is 16.5. The maximum Gasteiger partial charge on any atom is 0.161 e. The smallest absolute Gasteiger partial charge is 0.161 e. The molecule has 1 aliphatic rings. The SMILES string of the molecule is CNCC(COC)c1ccc2c(c1)OCCCO2. The first-order chi connectivity index (χ1) is 8.85. The van der Waals surface area contributed by atoms with Crippen LogP contribution in [0.25, 0.3) is 0 Å². The second-order valence-corrected chi connectivity index (χ2v) is 4.47. The third kappa shape index (κ3) is 3.15. The standard InChI is InChI=1S/C14H21NO3/c1-15-9-12(10-16-2)11-4-5-13-14(8-11)18-7-3-6-17-13/h4-5,8,12,15H,3,6-7,9-10H2,1-2H3. The summed E-state index contributed by atoms with van der Waals surface area (Å²) in [5.41, 5.74) is 1.22. The maximum atomic E-state index is 5.71. The molecule has 2 rings (SSSR count). The van der Waals surface area contributed by atoms with Crippen molar-refractivity contribution >= 4 is 0 Å². The fourth-order valence-corrected chi connectivity index (χ4v) is 2.15. The van der Waals surface area contributed by atoms with Crippen molar-refractivity contribution in [2.45, 2.75) is 12.3 Å². The van der Waals surface area contributed by atoms with Crippen molar-refractivity contribution in [2.75, 3.05) is 40.5 Å². The van der Waals surface area contributed by atoms with Crippen molar-refractivity contribution in [1.29, 1.82) is 0 Å². The molecule has 0 spiro atoms. The normalized spacial score (nSPS) is 16.1. The predicted molar refractivity (Wildman–Crippen MR) is 70.6 cm³/mol. The van der Waals surface area contributed by atoms with Gasteiger partial charge in [-0.25, -0.2) is 0 Å². The Morgan fingerprint density at radius 3 is 2.78 bits per heavy atom. The van der Waals surface area contributed by atoms with Gasteiger partial charge >= 0.3 is 0 Å². The molecule has 1 atom stereocenters. The van der Waals surface area contributed by atoms with Crippen LogP contribution in [0.2, 0.25) is 0 Å². The summed E-state index contributed by atoms with van der Waals surface area (Å²) in [4.78, 5) is 0. The lowest BCUT2D eigenvalue weighted by atomic mass is 9.99. The largest absolute Gasteiger partial charge is 0.490 e. The lowest BCUT2D eigenvalue weighted by molar-refractivity contribution is 0.178. The summed E-state index contributed by atoms with van der Waals surface area (Å²) in [5.74, 6) is 2.02. The summed E-state index contributed by atoms with van der Waals surface area (Å²) in [6.07, 6.45) is 0.933. The summed E-state index contributed by atoms with van der Waals surface area (Å²) in [6, 6.07) is 6.16. The molecule has 1 aromatic carbocycles. The van der Waals surface area contributed by atoms with Crippen LogP contribution in [0, 0.1) is 0 Å². The van der Waals surface area contributed by atoms with E-state index in [9.17, 15) is 0 Å². The molecule has 0 aliphatic carbocycles. The first-order valence-electron chi connectivity index (χ1n) is 6.38. The molecule has 0 saturated carbocycles. The molecule has 1 aromatic rings. The molecule has 0 amide bonds. The second kappa shape index (κ2) is 6.61. The van der Waals surface area contributed by atoms with E-state index in [1.54, 1.807) is 7.11 Å². The van der Waals surface area contributed by atoms with Gasteiger partial charge in [0.15, 0.2) is 11.5 Å². The molecule has 1 aliphatic heterocycles. The number of hydrogen-bond donors (Lipinski definition) is 1. The van der Waals surface area contributed by atoms with Gasteiger partial charge in [0.1, 0.15) is 0 Å². The lowest BCUT2D eigenvalue weighted by Crippen LogP contribution is -2.21. The van der Waals surface area contributed by atoms with Gasteiger partial charge in [0.25, 0.3) is 0 Å². The number of methoxy groups -OCH3 is 1. The van der Waals surface area contributed by atoms with Crippen LogP contribution in [0.5, 0.6) is 11.5 Å². The minimum absolute atomic E-state index is 0.331. The van der Waals surface area contributed by atoms with E-state index < -0.39 is 0 Å². The highest BCUT2D eigenvalue weighted by molar-refractivity contribution is 5.44. The Morgan fingerprint density at radius 2 is 2.06 bits per heavy atom. The quantitative estimate of drug-likeness (QED) is 0.866. The minimum atomic E-state index is 0.331. The molecule has 100 valence electrons. The Kier molecular flexibility index (Phi) is 4.84. The van der Waals surface area contributed by atoms with E-state index in [-0.39, 0.29) is 0 Å². The molecular weight excluding hydrogens is 230 g/mol. The van der Waals surface area contributed by atoms with Crippen LogP contribution >= 0.6 is 0 Å². The van der Waals surface area contributed by atoms with Crippen molar-refractivity contribution in [3.63, 3.8) is 0 Å². The Morgan fingerprint density at radius 1 is 1.28 bits per heavy atom. The highest BCUT2D eigenvalue weighted by Crippen LogP contribution is 2.32. The predicted octanol–water partition coefficient (Wildman–Crippen LogP) is 1.80. The summed E-state index contributed by atoms with van der Waals surface area (Å²) >= 11 is 0. The lowest BCUT2D eigenvalue weighted by Gasteiger charge is -2.17. The number of nitrogens with one attached hydrogen (secondary N) is 1. The van der Waals surface area contributed by atoms with Crippen LogP contribution in [-0.4, -0.2) is 40.5 Å². The summed E-state index contributed by atoms with van der Waals surface area (Å²) < 4.78 is 16.6. The molecule has 0 aromatic heterocycles. The average molecular weight is 251 g/mol. The summed E-state index contributed by atoms with van der Waals surface area (Å²) in [6.45, 7) is 3.02. The molecule has 1 heterocycles. The first-order valence-corrected chi connectivity index (χ1v) is 6.38. The van der Waals surface area contributed by atoms with Gasteiger partial charge in [-0.15, -0.1) is 0 Å². The molecule has 0 saturated heterocycles. The van der Waals surface area contributed by atoms with Crippen LogP contribution in [0.4, 0.5) is 0 Å². The van der Waals surface area contributed by atoms with Crippen LogP contribution in [0.15, 0.2) is 18.2 Å². The third-order valence-corrected chi connectivity index (χ3v) is 3.06. The number of benzene rings is 1. The van der Waals surface area contributed by atoms with E-state index in [1.807, 2.05) is 13.1 Å². The highest BCUT2D eigenvalue weighted by Gasteiger charge is 2.15. The van der Waals surface area contributed by atoms with E-state index in [0.717, 1.165) is 37.7 Å². The van der Waals surface area contributed by atoms with Gasteiger partial charge in [0, 0.05) is 26.0 Å². The van der Waals surface area contributed by atoms with Crippen molar-refractivity contribution in [3.8, 4) is 11.5 Å². The van der Waals surface area contributed by atoms with Crippen molar-refractivity contribution < 1.29 is 14.2 Å². The Balaban J connectivity index is 2.19. The number of rotatable bonds is 5. The zero-order valence-electron chi connectivity index (χ0n) is 11.1. The van der Waals surface area contributed by atoms with Crippen molar-refractivity contribution in [1.82, 2.24) is 5.32 Å². The maximum absolute atomic E-state index is 5.71. The zero-order valence-corrected chi connectivity index (χ0v) is 11.1. The van der Waals surface area contributed by atoms with Crippen LogP contribution < -0.4 is 14.8 Å². The van der Waals surface area contributed by atoms with E-state index in [2.05, 4.69) is 17.4 Å². The van der Waals surface area contributed by atoms with Gasteiger partial charge in [0.05, 0.1) is 19.8 Å². The molecule has 18 heavy (non-hydrogen) atoms. The number of hydrogen-bond acceptors (Lipinski definition) is 4. The van der Waals surface area contributed by atoms with Crippen LogP contribution in [-0.2, 0) is 4.74 Å². The Labute approximate surface area is 108 Å². The van der Waals surface area contributed by atoms with Gasteiger partial charge in [-0.05, 0) is 24.7 Å². The van der Waals surface area contributed by atoms with E-state index in [0.29, 0.717) is 12.5 Å².